The molecular weight excluding hydrogens is 354 g/mol. The lowest BCUT2D eigenvalue weighted by Gasteiger charge is -2.17. The highest BCUT2D eigenvalue weighted by Gasteiger charge is 2.18. The number of likely N-dealkylation sites (tertiary alicyclic amines) is 1. The summed E-state index contributed by atoms with van der Waals surface area (Å²) in [7, 11) is 1.59. The van der Waals surface area contributed by atoms with Crippen LogP contribution in [-0.4, -0.2) is 38.3 Å². The molecule has 1 aromatic heterocycles. The van der Waals surface area contributed by atoms with Gasteiger partial charge in [0.15, 0.2) is 0 Å². The quantitative estimate of drug-likeness (QED) is 0.584. The van der Waals surface area contributed by atoms with Crippen LogP contribution in [0.25, 0.3) is 11.0 Å². The fourth-order valence-corrected chi connectivity index (χ4v) is 3.72. The lowest BCUT2D eigenvalue weighted by molar-refractivity contribution is 0.237. The van der Waals surface area contributed by atoms with Crippen molar-refractivity contribution in [2.24, 2.45) is 0 Å². The summed E-state index contributed by atoms with van der Waals surface area (Å²) in [4.78, 5) is 15.2. The van der Waals surface area contributed by atoms with Gasteiger partial charge < -0.3 is 13.9 Å². The van der Waals surface area contributed by atoms with Crippen molar-refractivity contribution in [2.75, 3.05) is 33.4 Å². The second-order valence-electron chi connectivity index (χ2n) is 7.12. The third kappa shape index (κ3) is 4.04. The molecule has 0 radical (unpaired) electrons. The molecule has 0 spiro atoms. The fraction of sp³-hybridized carbons (Fsp3) is 0.348. The van der Waals surface area contributed by atoms with Gasteiger partial charge in [-0.25, -0.2) is 4.79 Å². The van der Waals surface area contributed by atoms with Gasteiger partial charge in [-0.2, -0.15) is 0 Å². The molecule has 0 amide bonds. The lowest BCUT2D eigenvalue weighted by atomic mass is 10.0. The van der Waals surface area contributed by atoms with Crippen molar-refractivity contribution in [1.29, 1.82) is 0 Å². The average molecular weight is 379 g/mol. The van der Waals surface area contributed by atoms with Crippen molar-refractivity contribution in [3.8, 4) is 11.5 Å². The molecule has 5 nitrogen and oxygen atoms in total. The van der Waals surface area contributed by atoms with Crippen molar-refractivity contribution >= 4 is 11.0 Å². The monoisotopic (exact) mass is 379 g/mol. The molecule has 3 aromatic rings. The van der Waals surface area contributed by atoms with Crippen LogP contribution in [0.15, 0.2) is 57.7 Å². The lowest BCUT2D eigenvalue weighted by Crippen LogP contribution is -2.25. The van der Waals surface area contributed by atoms with E-state index in [2.05, 4.69) is 4.90 Å². The smallest absolute Gasteiger partial charge is 0.343 e. The Morgan fingerprint density at radius 2 is 1.86 bits per heavy atom. The zero-order valence-electron chi connectivity index (χ0n) is 16.1. The maximum atomic E-state index is 12.8. The Labute approximate surface area is 164 Å². The van der Waals surface area contributed by atoms with Crippen LogP contribution < -0.4 is 15.1 Å². The number of methoxy groups -OCH3 is 1. The van der Waals surface area contributed by atoms with Gasteiger partial charge in [0.05, 0.1) is 18.1 Å². The minimum atomic E-state index is -0.360. The molecule has 1 aliphatic heterocycles. The molecule has 5 heteroatoms. The van der Waals surface area contributed by atoms with Crippen LogP contribution in [0.3, 0.4) is 0 Å². The molecule has 2 heterocycles. The average Bonchev–Trinajstić information content (AvgIpc) is 3.24. The van der Waals surface area contributed by atoms with Gasteiger partial charge in [0.25, 0.3) is 0 Å². The van der Waals surface area contributed by atoms with Crippen LogP contribution in [0.5, 0.6) is 11.5 Å². The largest absolute Gasteiger partial charge is 0.497 e. The molecule has 0 saturated carbocycles. The second kappa shape index (κ2) is 8.48. The van der Waals surface area contributed by atoms with E-state index in [9.17, 15) is 4.79 Å². The first-order valence-corrected chi connectivity index (χ1v) is 9.77. The molecule has 0 unspecified atom stereocenters. The Morgan fingerprint density at radius 3 is 2.61 bits per heavy atom. The molecule has 1 fully saturated rings. The van der Waals surface area contributed by atoms with E-state index in [4.69, 9.17) is 13.9 Å². The minimum absolute atomic E-state index is 0.360. The van der Waals surface area contributed by atoms with E-state index >= 15 is 0 Å². The third-order valence-electron chi connectivity index (χ3n) is 5.23. The van der Waals surface area contributed by atoms with Crippen molar-refractivity contribution in [3.05, 3.63) is 70.1 Å². The Hall–Kier alpha value is -2.79. The maximum absolute atomic E-state index is 12.8. The van der Waals surface area contributed by atoms with Gasteiger partial charge in [0.2, 0.25) is 0 Å². The standard InChI is InChI=1S/C23H25NO4/c1-26-18-9-10-19-21(16-18)28-23(25)20(15-17-7-3-2-4-8-17)22(19)27-14-13-24-11-5-6-12-24/h2-4,7-10,16H,5-6,11-15H2,1H3. The summed E-state index contributed by atoms with van der Waals surface area (Å²) in [5.74, 6) is 1.27. The summed E-state index contributed by atoms with van der Waals surface area (Å²) < 4.78 is 17.1. The highest BCUT2D eigenvalue weighted by molar-refractivity contribution is 5.85. The molecule has 28 heavy (non-hydrogen) atoms. The third-order valence-corrected chi connectivity index (χ3v) is 5.23. The summed E-state index contributed by atoms with van der Waals surface area (Å²) in [6, 6.07) is 15.4. The Bertz CT molecular complexity index is 991. The van der Waals surface area contributed by atoms with E-state index in [1.165, 1.54) is 12.8 Å². The van der Waals surface area contributed by atoms with Gasteiger partial charge in [-0.3, -0.25) is 4.90 Å². The van der Waals surface area contributed by atoms with Crippen molar-refractivity contribution < 1.29 is 13.9 Å². The zero-order chi connectivity index (χ0) is 19.3. The summed E-state index contributed by atoms with van der Waals surface area (Å²) in [6.07, 6.45) is 2.97. The summed E-state index contributed by atoms with van der Waals surface area (Å²) in [6.45, 7) is 3.65. The van der Waals surface area contributed by atoms with Crippen LogP contribution in [0.1, 0.15) is 24.0 Å². The maximum Gasteiger partial charge on any atom is 0.343 e. The molecule has 146 valence electrons. The molecule has 0 aliphatic carbocycles. The number of nitrogens with zero attached hydrogens (tertiary/aromatic N) is 1. The van der Waals surface area contributed by atoms with Crippen LogP contribution >= 0.6 is 0 Å². The summed E-state index contributed by atoms with van der Waals surface area (Å²) >= 11 is 0. The Kier molecular flexibility index (Phi) is 5.63. The molecule has 2 aromatic carbocycles. The summed E-state index contributed by atoms with van der Waals surface area (Å²) in [5, 5.41) is 0.799. The van der Waals surface area contributed by atoms with E-state index in [1.54, 1.807) is 13.2 Å². The summed E-state index contributed by atoms with van der Waals surface area (Å²) in [5.41, 5.74) is 1.73. The predicted octanol–water partition coefficient (Wildman–Crippen LogP) is 3.87. The van der Waals surface area contributed by atoms with Crippen molar-refractivity contribution in [3.63, 3.8) is 0 Å². The first kappa shape index (κ1) is 18.6. The molecule has 1 saturated heterocycles. The number of hydrogen-bond donors (Lipinski definition) is 0. The zero-order valence-corrected chi connectivity index (χ0v) is 16.1. The Morgan fingerprint density at radius 1 is 1.07 bits per heavy atom. The van der Waals surface area contributed by atoms with Gasteiger partial charge in [0.1, 0.15) is 23.7 Å². The van der Waals surface area contributed by atoms with Gasteiger partial charge in [0, 0.05) is 19.0 Å². The van der Waals surface area contributed by atoms with Gasteiger partial charge >= 0.3 is 5.63 Å². The van der Waals surface area contributed by atoms with Crippen molar-refractivity contribution in [2.45, 2.75) is 19.3 Å². The highest BCUT2D eigenvalue weighted by Crippen LogP contribution is 2.31. The molecule has 0 atom stereocenters. The van der Waals surface area contributed by atoms with Crippen LogP contribution in [0, 0.1) is 0 Å². The number of rotatable bonds is 7. The Balaban J connectivity index is 1.70. The second-order valence-corrected chi connectivity index (χ2v) is 7.12. The number of fused-ring (bicyclic) bond motifs is 1. The molecular formula is C23H25NO4. The van der Waals surface area contributed by atoms with Crippen LogP contribution in [-0.2, 0) is 6.42 Å². The van der Waals surface area contributed by atoms with E-state index in [-0.39, 0.29) is 5.63 Å². The molecule has 0 N–H and O–H groups in total. The van der Waals surface area contributed by atoms with E-state index in [0.717, 1.165) is 30.6 Å². The molecule has 1 aliphatic rings. The number of benzene rings is 2. The number of hydrogen-bond acceptors (Lipinski definition) is 5. The normalized spacial score (nSPS) is 14.5. The van der Waals surface area contributed by atoms with E-state index < -0.39 is 0 Å². The van der Waals surface area contributed by atoms with Crippen LogP contribution in [0.2, 0.25) is 0 Å². The molecule has 0 bridgehead atoms. The highest BCUT2D eigenvalue weighted by atomic mass is 16.5. The molecule has 4 rings (SSSR count). The van der Waals surface area contributed by atoms with Gasteiger partial charge in [-0.15, -0.1) is 0 Å². The van der Waals surface area contributed by atoms with Crippen LogP contribution in [0.4, 0.5) is 0 Å². The van der Waals surface area contributed by atoms with E-state index in [0.29, 0.717) is 35.7 Å². The first-order chi connectivity index (χ1) is 13.7. The van der Waals surface area contributed by atoms with Gasteiger partial charge in [-0.1, -0.05) is 30.3 Å². The SMILES string of the molecule is COc1ccc2c(OCCN3CCCC3)c(Cc3ccccc3)c(=O)oc2c1. The van der Waals surface area contributed by atoms with E-state index in [1.807, 2.05) is 42.5 Å². The first-order valence-electron chi connectivity index (χ1n) is 9.77. The number of ether oxygens (including phenoxy) is 2. The topological polar surface area (TPSA) is 51.9 Å². The minimum Gasteiger partial charge on any atom is -0.497 e. The van der Waals surface area contributed by atoms with Gasteiger partial charge in [-0.05, 0) is 43.6 Å². The van der Waals surface area contributed by atoms with Crippen molar-refractivity contribution in [1.82, 2.24) is 4.90 Å². The predicted molar refractivity (Wildman–Crippen MR) is 109 cm³/mol. The fourth-order valence-electron chi connectivity index (χ4n) is 3.72.